The molecule has 1 aliphatic rings. The van der Waals surface area contributed by atoms with E-state index >= 15 is 0 Å². The minimum atomic E-state index is -3.96. The van der Waals surface area contributed by atoms with Crippen LogP contribution < -0.4 is 4.72 Å². The van der Waals surface area contributed by atoms with Crippen molar-refractivity contribution in [1.29, 1.82) is 0 Å². The van der Waals surface area contributed by atoms with Crippen molar-refractivity contribution in [2.75, 3.05) is 31.0 Å². The molecular weight excluding hydrogens is 480 g/mol. The smallest absolute Gasteiger partial charge is 0.263 e. The topological polar surface area (TPSA) is 92.8 Å². The van der Waals surface area contributed by atoms with Crippen molar-refractivity contribution in [3.8, 4) is 0 Å². The van der Waals surface area contributed by atoms with Gasteiger partial charge in [-0.3, -0.25) is 4.72 Å². The number of nitrogens with zero attached hydrogens (tertiary/aromatic N) is 1. The summed E-state index contributed by atoms with van der Waals surface area (Å²) in [6.07, 6.45) is 0. The Morgan fingerprint density at radius 1 is 1.04 bits per heavy atom. The molecule has 146 valence electrons. The summed E-state index contributed by atoms with van der Waals surface area (Å²) in [4.78, 5) is -0.0267. The summed E-state index contributed by atoms with van der Waals surface area (Å²) in [5.41, 5.74) is -0.0123. The summed E-state index contributed by atoms with van der Waals surface area (Å²) < 4.78 is 60.1. The zero-order chi connectivity index (χ0) is 19.7. The van der Waals surface area contributed by atoms with E-state index in [1.54, 1.807) is 18.2 Å². The third-order valence-corrected chi connectivity index (χ3v) is 8.52. The number of ether oxygens (including phenoxy) is 1. The molecule has 0 aromatic heterocycles. The standard InChI is InChI=1S/C16H16BrClN2O5S2/c17-13-3-1-2-4-16(13)26(21,22)19-15-11-12(5-6-14(15)18)27(23,24)20-7-9-25-10-8-20/h1-6,11,19H,7-10H2. The molecule has 0 unspecified atom stereocenters. The van der Waals surface area contributed by atoms with Crippen LogP contribution in [0, 0.1) is 0 Å². The zero-order valence-electron chi connectivity index (χ0n) is 13.9. The minimum Gasteiger partial charge on any atom is -0.379 e. The van der Waals surface area contributed by atoms with Gasteiger partial charge in [0.25, 0.3) is 10.0 Å². The average molecular weight is 496 g/mol. The number of morpholine rings is 1. The summed E-state index contributed by atoms with van der Waals surface area (Å²) >= 11 is 9.29. The Bertz CT molecular complexity index is 1050. The average Bonchev–Trinajstić information content (AvgIpc) is 2.64. The number of hydrogen-bond donors (Lipinski definition) is 1. The molecule has 1 N–H and O–H groups in total. The fourth-order valence-electron chi connectivity index (χ4n) is 2.54. The van der Waals surface area contributed by atoms with Crippen LogP contribution in [0.4, 0.5) is 5.69 Å². The maximum atomic E-state index is 12.8. The zero-order valence-corrected chi connectivity index (χ0v) is 17.9. The van der Waals surface area contributed by atoms with E-state index in [4.69, 9.17) is 16.3 Å². The second-order valence-electron chi connectivity index (χ2n) is 5.69. The van der Waals surface area contributed by atoms with Crippen LogP contribution in [0.1, 0.15) is 0 Å². The molecule has 1 saturated heterocycles. The Morgan fingerprint density at radius 2 is 1.70 bits per heavy atom. The minimum absolute atomic E-state index is 0.0123. The van der Waals surface area contributed by atoms with E-state index in [9.17, 15) is 16.8 Å². The van der Waals surface area contributed by atoms with Gasteiger partial charge < -0.3 is 4.74 Å². The first-order valence-electron chi connectivity index (χ1n) is 7.86. The number of rotatable bonds is 5. The first-order chi connectivity index (χ1) is 12.7. The number of anilines is 1. The molecule has 7 nitrogen and oxygen atoms in total. The molecule has 0 radical (unpaired) electrons. The van der Waals surface area contributed by atoms with Crippen molar-refractivity contribution in [2.24, 2.45) is 0 Å². The van der Waals surface area contributed by atoms with E-state index in [1.165, 1.54) is 28.6 Å². The third-order valence-electron chi connectivity index (χ3n) is 3.92. The molecule has 0 spiro atoms. The fraction of sp³-hybridized carbons (Fsp3) is 0.250. The SMILES string of the molecule is O=S(=O)(Nc1cc(S(=O)(=O)N2CCOCC2)ccc1Cl)c1ccccc1Br. The van der Waals surface area contributed by atoms with Crippen LogP contribution in [0.25, 0.3) is 0 Å². The quantitative estimate of drug-likeness (QED) is 0.688. The lowest BCUT2D eigenvalue weighted by Crippen LogP contribution is -2.40. The predicted molar refractivity (Wildman–Crippen MR) is 106 cm³/mol. The van der Waals surface area contributed by atoms with Crippen LogP contribution in [0.5, 0.6) is 0 Å². The highest BCUT2D eigenvalue weighted by molar-refractivity contribution is 9.10. The lowest BCUT2D eigenvalue weighted by Gasteiger charge is -2.26. The molecule has 0 aliphatic carbocycles. The highest BCUT2D eigenvalue weighted by Gasteiger charge is 2.27. The Morgan fingerprint density at radius 3 is 2.37 bits per heavy atom. The first kappa shape index (κ1) is 20.6. The third kappa shape index (κ3) is 4.47. The van der Waals surface area contributed by atoms with Gasteiger partial charge in [-0.2, -0.15) is 4.31 Å². The Hall–Kier alpha value is -1.17. The molecular formula is C16H16BrClN2O5S2. The van der Waals surface area contributed by atoms with Crippen LogP contribution in [-0.4, -0.2) is 47.4 Å². The second kappa shape index (κ2) is 8.06. The summed E-state index contributed by atoms with van der Waals surface area (Å²) in [6.45, 7) is 1.11. The molecule has 0 atom stereocenters. The van der Waals surface area contributed by atoms with Crippen LogP contribution in [-0.2, 0) is 24.8 Å². The summed E-state index contributed by atoms with van der Waals surface area (Å²) in [5, 5.41) is 0.0894. The van der Waals surface area contributed by atoms with E-state index in [0.29, 0.717) is 17.7 Å². The van der Waals surface area contributed by atoms with Gasteiger partial charge in [-0.25, -0.2) is 16.8 Å². The van der Waals surface area contributed by atoms with E-state index in [-0.39, 0.29) is 33.6 Å². The number of nitrogens with one attached hydrogen (secondary N) is 1. The second-order valence-corrected chi connectivity index (χ2v) is 10.5. The highest BCUT2D eigenvalue weighted by atomic mass is 79.9. The number of hydrogen-bond acceptors (Lipinski definition) is 5. The Balaban J connectivity index is 1.95. The van der Waals surface area contributed by atoms with Gasteiger partial charge in [-0.05, 0) is 46.3 Å². The molecule has 1 aliphatic heterocycles. The van der Waals surface area contributed by atoms with Crippen LogP contribution in [0.2, 0.25) is 5.02 Å². The fourth-order valence-corrected chi connectivity index (χ4v) is 6.27. The van der Waals surface area contributed by atoms with Crippen molar-refractivity contribution >= 4 is 53.3 Å². The molecule has 0 saturated carbocycles. The predicted octanol–water partition coefficient (Wildman–Crippen LogP) is 2.92. The monoisotopic (exact) mass is 494 g/mol. The normalized spacial score (nSPS) is 16.2. The van der Waals surface area contributed by atoms with Gasteiger partial charge >= 0.3 is 0 Å². The van der Waals surface area contributed by atoms with Gasteiger partial charge in [0.1, 0.15) is 4.90 Å². The first-order valence-corrected chi connectivity index (χ1v) is 12.0. The molecule has 1 heterocycles. The van der Waals surface area contributed by atoms with Crippen molar-refractivity contribution in [3.63, 3.8) is 0 Å². The van der Waals surface area contributed by atoms with Crippen LogP contribution >= 0.6 is 27.5 Å². The van der Waals surface area contributed by atoms with Gasteiger partial charge in [0, 0.05) is 17.6 Å². The Labute approximate surface area is 171 Å². The van der Waals surface area contributed by atoms with Crippen molar-refractivity contribution < 1.29 is 21.6 Å². The highest BCUT2D eigenvalue weighted by Crippen LogP contribution is 2.30. The molecule has 0 amide bonds. The lowest BCUT2D eigenvalue weighted by molar-refractivity contribution is 0.0730. The molecule has 0 bridgehead atoms. The van der Waals surface area contributed by atoms with E-state index in [1.807, 2.05) is 0 Å². The van der Waals surface area contributed by atoms with E-state index in [0.717, 1.165) is 0 Å². The number of sulfonamides is 2. The van der Waals surface area contributed by atoms with Crippen molar-refractivity contribution in [1.82, 2.24) is 4.31 Å². The summed E-state index contributed by atoms with van der Waals surface area (Å²) in [6, 6.07) is 10.2. The van der Waals surface area contributed by atoms with E-state index < -0.39 is 20.0 Å². The van der Waals surface area contributed by atoms with Crippen LogP contribution in [0.15, 0.2) is 56.7 Å². The van der Waals surface area contributed by atoms with Crippen molar-refractivity contribution in [2.45, 2.75) is 9.79 Å². The van der Waals surface area contributed by atoms with E-state index in [2.05, 4.69) is 20.7 Å². The summed E-state index contributed by atoms with van der Waals surface area (Å²) in [7, 11) is -7.74. The maximum absolute atomic E-state index is 12.8. The van der Waals surface area contributed by atoms with Gasteiger partial charge in [-0.1, -0.05) is 23.7 Å². The molecule has 11 heteroatoms. The lowest BCUT2D eigenvalue weighted by atomic mass is 10.3. The Kier molecular flexibility index (Phi) is 6.14. The maximum Gasteiger partial charge on any atom is 0.263 e. The molecule has 3 rings (SSSR count). The molecule has 27 heavy (non-hydrogen) atoms. The van der Waals surface area contributed by atoms with Gasteiger partial charge in [0.2, 0.25) is 10.0 Å². The van der Waals surface area contributed by atoms with Crippen LogP contribution in [0.3, 0.4) is 0 Å². The number of halogens is 2. The molecule has 2 aromatic rings. The number of benzene rings is 2. The largest absolute Gasteiger partial charge is 0.379 e. The van der Waals surface area contributed by atoms with Gasteiger partial charge in [0.05, 0.1) is 28.8 Å². The van der Waals surface area contributed by atoms with Gasteiger partial charge in [-0.15, -0.1) is 0 Å². The molecule has 2 aromatic carbocycles. The van der Waals surface area contributed by atoms with Gasteiger partial charge in [0.15, 0.2) is 0 Å². The van der Waals surface area contributed by atoms with Crippen molar-refractivity contribution in [3.05, 3.63) is 52.0 Å². The molecule has 1 fully saturated rings. The summed E-state index contributed by atoms with van der Waals surface area (Å²) in [5.74, 6) is 0.